The molecule has 1 atom stereocenters. The van der Waals surface area contributed by atoms with Crippen LogP contribution >= 0.6 is 15.9 Å². The number of benzene rings is 2. The predicted molar refractivity (Wildman–Crippen MR) is 81.8 cm³/mol. The Kier molecular flexibility index (Phi) is 4.59. The zero-order valence-corrected chi connectivity index (χ0v) is 11.7. The third-order valence-corrected chi connectivity index (χ3v) is 3.32. The van der Waals surface area contributed by atoms with Gasteiger partial charge in [-0.05, 0) is 36.2 Å². The third kappa shape index (κ3) is 3.47. The van der Waals surface area contributed by atoms with Gasteiger partial charge in [-0.25, -0.2) is 0 Å². The second-order valence-electron chi connectivity index (χ2n) is 4.14. The fraction of sp³-hybridized carbons (Fsp3) is 0.125. The average molecular weight is 302 g/mol. The lowest BCUT2D eigenvalue weighted by molar-refractivity contribution is 0.799. The number of anilines is 1. The SMILES string of the molecule is C=CCC(Nc1ccc(Br)cc1)c1ccccc1. The minimum atomic E-state index is 0.268. The molecule has 2 aromatic carbocycles. The molecule has 0 heterocycles. The Morgan fingerprint density at radius 3 is 2.33 bits per heavy atom. The topological polar surface area (TPSA) is 12.0 Å². The van der Waals surface area contributed by atoms with Gasteiger partial charge in [0.15, 0.2) is 0 Å². The zero-order chi connectivity index (χ0) is 12.8. The molecule has 0 spiro atoms. The first-order valence-electron chi connectivity index (χ1n) is 5.97. The van der Waals surface area contributed by atoms with Crippen LogP contribution in [-0.2, 0) is 0 Å². The molecule has 2 heteroatoms. The van der Waals surface area contributed by atoms with E-state index in [4.69, 9.17) is 0 Å². The summed E-state index contributed by atoms with van der Waals surface area (Å²) < 4.78 is 1.09. The van der Waals surface area contributed by atoms with Crippen molar-refractivity contribution in [1.29, 1.82) is 0 Å². The van der Waals surface area contributed by atoms with Crippen LogP contribution in [0.1, 0.15) is 18.0 Å². The standard InChI is InChI=1S/C16H16BrN/c1-2-6-16(13-7-4-3-5-8-13)18-15-11-9-14(17)10-12-15/h2-5,7-12,16,18H,1,6H2. The highest BCUT2D eigenvalue weighted by molar-refractivity contribution is 9.10. The van der Waals surface area contributed by atoms with Crippen molar-refractivity contribution in [1.82, 2.24) is 0 Å². The smallest absolute Gasteiger partial charge is 0.0548 e. The third-order valence-electron chi connectivity index (χ3n) is 2.79. The van der Waals surface area contributed by atoms with Gasteiger partial charge in [0, 0.05) is 10.2 Å². The number of halogens is 1. The molecule has 0 fully saturated rings. The van der Waals surface area contributed by atoms with Crippen molar-refractivity contribution < 1.29 is 0 Å². The molecule has 0 amide bonds. The second kappa shape index (κ2) is 6.41. The summed E-state index contributed by atoms with van der Waals surface area (Å²) in [7, 11) is 0. The molecule has 1 unspecified atom stereocenters. The molecule has 0 radical (unpaired) electrons. The van der Waals surface area contributed by atoms with Crippen LogP contribution in [-0.4, -0.2) is 0 Å². The first kappa shape index (κ1) is 12.9. The molecule has 0 bridgehead atoms. The maximum atomic E-state index is 3.83. The molecule has 2 aromatic rings. The van der Waals surface area contributed by atoms with E-state index in [-0.39, 0.29) is 6.04 Å². The molecule has 0 aromatic heterocycles. The second-order valence-corrected chi connectivity index (χ2v) is 5.05. The molecule has 18 heavy (non-hydrogen) atoms. The van der Waals surface area contributed by atoms with Crippen LogP contribution in [0, 0.1) is 0 Å². The van der Waals surface area contributed by atoms with Crippen molar-refractivity contribution in [3.63, 3.8) is 0 Å². The van der Waals surface area contributed by atoms with Crippen molar-refractivity contribution in [2.24, 2.45) is 0 Å². The van der Waals surface area contributed by atoms with Gasteiger partial charge >= 0.3 is 0 Å². The molecule has 0 saturated heterocycles. The van der Waals surface area contributed by atoms with Gasteiger partial charge in [0.25, 0.3) is 0 Å². The molecule has 0 aliphatic rings. The molecular formula is C16H16BrN. The summed E-state index contributed by atoms with van der Waals surface area (Å²) >= 11 is 3.44. The summed E-state index contributed by atoms with van der Waals surface area (Å²) in [6, 6.07) is 18.9. The minimum Gasteiger partial charge on any atom is -0.378 e. The van der Waals surface area contributed by atoms with Crippen molar-refractivity contribution >= 4 is 21.6 Å². The summed E-state index contributed by atoms with van der Waals surface area (Å²) in [5.41, 5.74) is 2.40. The lowest BCUT2D eigenvalue weighted by Gasteiger charge is -2.19. The Hall–Kier alpha value is -1.54. The quantitative estimate of drug-likeness (QED) is 0.751. The molecule has 0 aliphatic heterocycles. The van der Waals surface area contributed by atoms with E-state index in [1.807, 2.05) is 24.3 Å². The molecular weight excluding hydrogens is 286 g/mol. The summed E-state index contributed by atoms with van der Waals surface area (Å²) in [5, 5.41) is 3.53. The average Bonchev–Trinajstić information content (AvgIpc) is 2.42. The van der Waals surface area contributed by atoms with Gasteiger partial charge < -0.3 is 5.32 Å². The van der Waals surface area contributed by atoms with Gasteiger partial charge in [-0.15, -0.1) is 6.58 Å². The van der Waals surface area contributed by atoms with Crippen molar-refractivity contribution in [2.75, 3.05) is 5.32 Å². The molecule has 0 aliphatic carbocycles. The van der Waals surface area contributed by atoms with Crippen LogP contribution in [0.25, 0.3) is 0 Å². The number of nitrogens with one attached hydrogen (secondary N) is 1. The van der Waals surface area contributed by atoms with Crippen LogP contribution in [0.5, 0.6) is 0 Å². The largest absolute Gasteiger partial charge is 0.378 e. The number of hydrogen-bond donors (Lipinski definition) is 1. The number of rotatable bonds is 5. The molecule has 0 saturated carbocycles. The van der Waals surface area contributed by atoms with E-state index in [1.165, 1.54) is 5.56 Å². The Morgan fingerprint density at radius 2 is 1.72 bits per heavy atom. The van der Waals surface area contributed by atoms with E-state index < -0.39 is 0 Å². The van der Waals surface area contributed by atoms with Gasteiger partial charge in [0.05, 0.1) is 6.04 Å². The summed E-state index contributed by atoms with van der Waals surface area (Å²) in [5.74, 6) is 0. The van der Waals surface area contributed by atoms with Crippen molar-refractivity contribution in [3.05, 3.63) is 77.3 Å². The highest BCUT2D eigenvalue weighted by Gasteiger charge is 2.08. The summed E-state index contributed by atoms with van der Waals surface area (Å²) in [4.78, 5) is 0. The van der Waals surface area contributed by atoms with E-state index in [0.29, 0.717) is 0 Å². The predicted octanol–water partition coefficient (Wildman–Crippen LogP) is 5.18. The van der Waals surface area contributed by atoms with Gasteiger partial charge in [-0.3, -0.25) is 0 Å². The Morgan fingerprint density at radius 1 is 1.06 bits per heavy atom. The highest BCUT2D eigenvalue weighted by atomic mass is 79.9. The molecule has 1 N–H and O–H groups in total. The van der Waals surface area contributed by atoms with Crippen LogP contribution in [0.3, 0.4) is 0 Å². The fourth-order valence-corrected chi connectivity index (χ4v) is 2.14. The van der Waals surface area contributed by atoms with Crippen LogP contribution in [0.2, 0.25) is 0 Å². The maximum Gasteiger partial charge on any atom is 0.0548 e. The Balaban J connectivity index is 2.16. The molecule has 92 valence electrons. The lowest BCUT2D eigenvalue weighted by atomic mass is 10.0. The minimum absolute atomic E-state index is 0.268. The van der Waals surface area contributed by atoms with E-state index in [0.717, 1.165) is 16.6 Å². The first-order chi connectivity index (χ1) is 8.79. The van der Waals surface area contributed by atoms with Crippen LogP contribution in [0.15, 0.2) is 71.7 Å². The van der Waals surface area contributed by atoms with Gasteiger partial charge in [0.2, 0.25) is 0 Å². The van der Waals surface area contributed by atoms with E-state index >= 15 is 0 Å². The zero-order valence-electron chi connectivity index (χ0n) is 10.1. The van der Waals surface area contributed by atoms with E-state index in [9.17, 15) is 0 Å². The van der Waals surface area contributed by atoms with Crippen LogP contribution < -0.4 is 5.32 Å². The molecule has 1 nitrogen and oxygen atoms in total. The van der Waals surface area contributed by atoms with Crippen molar-refractivity contribution in [3.8, 4) is 0 Å². The van der Waals surface area contributed by atoms with E-state index in [1.54, 1.807) is 0 Å². The van der Waals surface area contributed by atoms with Gasteiger partial charge in [-0.2, -0.15) is 0 Å². The highest BCUT2D eigenvalue weighted by Crippen LogP contribution is 2.23. The van der Waals surface area contributed by atoms with E-state index in [2.05, 4.69) is 64.2 Å². The maximum absolute atomic E-state index is 3.83. The fourth-order valence-electron chi connectivity index (χ4n) is 1.88. The Bertz CT molecular complexity index is 490. The first-order valence-corrected chi connectivity index (χ1v) is 6.77. The lowest BCUT2D eigenvalue weighted by Crippen LogP contribution is -2.09. The normalized spacial score (nSPS) is 11.8. The van der Waals surface area contributed by atoms with Gasteiger partial charge in [-0.1, -0.05) is 52.3 Å². The summed E-state index contributed by atoms with van der Waals surface area (Å²) in [6.07, 6.45) is 2.85. The van der Waals surface area contributed by atoms with Crippen LogP contribution in [0.4, 0.5) is 5.69 Å². The van der Waals surface area contributed by atoms with Crippen molar-refractivity contribution in [2.45, 2.75) is 12.5 Å². The Labute approximate surface area is 117 Å². The molecule has 2 rings (SSSR count). The van der Waals surface area contributed by atoms with Gasteiger partial charge in [0.1, 0.15) is 0 Å². The monoisotopic (exact) mass is 301 g/mol. The summed E-state index contributed by atoms with van der Waals surface area (Å²) in [6.45, 7) is 3.83. The number of hydrogen-bond acceptors (Lipinski definition) is 1.